The van der Waals surface area contributed by atoms with Gasteiger partial charge in [0.2, 0.25) is 5.91 Å². The van der Waals surface area contributed by atoms with Crippen LogP contribution in [0.1, 0.15) is 53.6 Å². The monoisotopic (exact) mass is 506 g/mol. The maximum atomic E-state index is 13.5. The zero-order chi connectivity index (χ0) is 25.9. The first-order valence-electron chi connectivity index (χ1n) is 12.2. The van der Waals surface area contributed by atoms with Crippen molar-refractivity contribution in [3.63, 3.8) is 0 Å². The van der Waals surface area contributed by atoms with Crippen molar-refractivity contribution in [2.45, 2.75) is 46.5 Å². The highest BCUT2D eigenvalue weighted by Crippen LogP contribution is 2.44. The van der Waals surface area contributed by atoms with Gasteiger partial charge < -0.3 is 20.1 Å². The molecule has 2 aromatic carbocycles. The molecular formula is C29H34N2O4S. The lowest BCUT2D eigenvalue weighted by molar-refractivity contribution is -0.115. The molecule has 6 nitrogen and oxygen atoms in total. The number of hydrogen-bond donors (Lipinski definition) is 2. The van der Waals surface area contributed by atoms with Gasteiger partial charge in [-0.15, -0.1) is 11.3 Å². The predicted molar refractivity (Wildman–Crippen MR) is 146 cm³/mol. The summed E-state index contributed by atoms with van der Waals surface area (Å²) in [5.74, 6) is 1.35. The lowest BCUT2D eigenvalue weighted by atomic mass is 9.72. The van der Waals surface area contributed by atoms with E-state index in [-0.39, 0.29) is 23.7 Å². The van der Waals surface area contributed by atoms with E-state index in [0.717, 1.165) is 36.1 Å². The van der Waals surface area contributed by atoms with Gasteiger partial charge in [-0.1, -0.05) is 45.0 Å². The first-order chi connectivity index (χ1) is 17.2. The van der Waals surface area contributed by atoms with E-state index >= 15 is 0 Å². The fourth-order valence-electron chi connectivity index (χ4n) is 4.72. The number of anilines is 2. The van der Waals surface area contributed by atoms with Crippen LogP contribution >= 0.6 is 11.3 Å². The molecule has 36 heavy (non-hydrogen) atoms. The molecule has 1 aliphatic carbocycles. The first-order valence-corrected chi connectivity index (χ1v) is 13.0. The standard InChI is InChI=1S/C29H34N2O4S/c1-29(2,3)19-12-13-21-24(17-19)36-28(26(21)27(33)30-20-9-7-6-8-10-20)31-25(32)16-18-11-14-22(34-4)23(15-18)35-5/h6-11,14-15,19H,12-13,16-17H2,1-5H3,(H,30,33)(H,31,32). The van der Waals surface area contributed by atoms with Crippen LogP contribution < -0.4 is 20.1 Å². The number of amides is 2. The van der Waals surface area contributed by atoms with Crippen molar-refractivity contribution in [1.82, 2.24) is 0 Å². The Morgan fingerprint density at radius 3 is 2.39 bits per heavy atom. The van der Waals surface area contributed by atoms with E-state index < -0.39 is 0 Å². The number of hydrogen-bond acceptors (Lipinski definition) is 5. The van der Waals surface area contributed by atoms with Gasteiger partial charge in [-0.25, -0.2) is 0 Å². The molecule has 0 saturated heterocycles. The maximum absolute atomic E-state index is 13.5. The van der Waals surface area contributed by atoms with Crippen LogP contribution in [0.3, 0.4) is 0 Å². The van der Waals surface area contributed by atoms with Crippen molar-refractivity contribution in [2.24, 2.45) is 11.3 Å². The Labute approximate surface area is 217 Å². The number of ether oxygens (including phenoxy) is 2. The zero-order valence-corrected chi connectivity index (χ0v) is 22.4. The summed E-state index contributed by atoms with van der Waals surface area (Å²) in [4.78, 5) is 27.7. The van der Waals surface area contributed by atoms with Gasteiger partial charge >= 0.3 is 0 Å². The van der Waals surface area contributed by atoms with E-state index in [2.05, 4.69) is 31.4 Å². The van der Waals surface area contributed by atoms with Crippen LogP contribution in [-0.4, -0.2) is 26.0 Å². The van der Waals surface area contributed by atoms with E-state index in [9.17, 15) is 9.59 Å². The summed E-state index contributed by atoms with van der Waals surface area (Å²) in [5, 5.41) is 6.68. The maximum Gasteiger partial charge on any atom is 0.258 e. The summed E-state index contributed by atoms with van der Waals surface area (Å²) in [6.45, 7) is 6.81. The number of carbonyl (C=O) groups is 2. The number of para-hydroxylation sites is 1. The average molecular weight is 507 g/mol. The molecule has 1 unspecified atom stereocenters. The van der Waals surface area contributed by atoms with Crippen molar-refractivity contribution in [3.05, 3.63) is 70.1 Å². The Bertz CT molecular complexity index is 1240. The van der Waals surface area contributed by atoms with Crippen LogP contribution in [0.2, 0.25) is 0 Å². The highest BCUT2D eigenvalue weighted by Gasteiger charge is 2.34. The lowest BCUT2D eigenvalue weighted by Crippen LogP contribution is -2.27. The molecule has 190 valence electrons. The molecule has 1 atom stereocenters. The van der Waals surface area contributed by atoms with Gasteiger partial charge in [0.15, 0.2) is 11.5 Å². The smallest absolute Gasteiger partial charge is 0.258 e. The average Bonchev–Trinajstić information content (AvgIpc) is 3.20. The SMILES string of the molecule is COc1ccc(CC(=O)Nc2sc3c(c2C(=O)Nc2ccccc2)CCC(C(C)(C)C)C3)cc1OC. The topological polar surface area (TPSA) is 76.7 Å². The van der Waals surface area contributed by atoms with Crippen molar-refractivity contribution in [1.29, 1.82) is 0 Å². The van der Waals surface area contributed by atoms with Crippen molar-refractivity contribution < 1.29 is 19.1 Å². The molecule has 0 aliphatic heterocycles. The third kappa shape index (κ3) is 5.73. The van der Waals surface area contributed by atoms with Gasteiger partial charge in [0.25, 0.3) is 5.91 Å². The van der Waals surface area contributed by atoms with Crippen LogP contribution in [0.15, 0.2) is 48.5 Å². The van der Waals surface area contributed by atoms with Crippen LogP contribution in [0.4, 0.5) is 10.7 Å². The second-order valence-electron chi connectivity index (χ2n) is 10.2. The first kappa shape index (κ1) is 25.8. The molecule has 7 heteroatoms. The van der Waals surface area contributed by atoms with Crippen LogP contribution in [0.5, 0.6) is 11.5 Å². The molecule has 0 bridgehead atoms. The lowest BCUT2D eigenvalue weighted by Gasteiger charge is -2.33. The van der Waals surface area contributed by atoms with Crippen LogP contribution in [-0.2, 0) is 24.1 Å². The largest absolute Gasteiger partial charge is 0.493 e. The minimum Gasteiger partial charge on any atom is -0.493 e. The summed E-state index contributed by atoms with van der Waals surface area (Å²) >= 11 is 1.54. The quantitative estimate of drug-likeness (QED) is 0.391. The van der Waals surface area contributed by atoms with Crippen LogP contribution in [0, 0.1) is 11.3 Å². The zero-order valence-electron chi connectivity index (χ0n) is 21.6. The molecule has 0 radical (unpaired) electrons. The van der Waals surface area contributed by atoms with Crippen molar-refractivity contribution in [3.8, 4) is 11.5 Å². The Hall–Kier alpha value is -3.32. The summed E-state index contributed by atoms with van der Waals surface area (Å²) in [5.41, 5.74) is 3.37. The predicted octanol–water partition coefficient (Wildman–Crippen LogP) is 6.35. The summed E-state index contributed by atoms with van der Waals surface area (Å²) < 4.78 is 10.7. The second kappa shape index (κ2) is 10.7. The normalized spacial score (nSPS) is 15.1. The van der Waals surface area contributed by atoms with Crippen molar-refractivity contribution in [2.75, 3.05) is 24.9 Å². The fourth-order valence-corrected chi connectivity index (χ4v) is 6.06. The molecule has 1 aromatic heterocycles. The molecular weight excluding hydrogens is 472 g/mol. The number of nitrogens with one attached hydrogen (secondary N) is 2. The minimum absolute atomic E-state index is 0.160. The molecule has 1 aliphatic rings. The summed E-state index contributed by atoms with van der Waals surface area (Å²) in [6, 6.07) is 14.8. The highest BCUT2D eigenvalue weighted by atomic mass is 32.1. The third-order valence-corrected chi connectivity index (χ3v) is 7.98. The highest BCUT2D eigenvalue weighted by molar-refractivity contribution is 7.17. The molecule has 0 saturated carbocycles. The Morgan fingerprint density at radius 1 is 1.00 bits per heavy atom. The van der Waals surface area contributed by atoms with Gasteiger partial charge in [-0.05, 0) is 66.0 Å². The summed E-state index contributed by atoms with van der Waals surface area (Å²) in [6.07, 6.45) is 2.93. The molecule has 0 spiro atoms. The molecule has 0 fully saturated rings. The number of carbonyl (C=O) groups excluding carboxylic acids is 2. The van der Waals surface area contributed by atoms with Gasteiger partial charge in [0.05, 0.1) is 26.2 Å². The van der Waals surface area contributed by atoms with Gasteiger partial charge in [-0.2, -0.15) is 0 Å². The van der Waals surface area contributed by atoms with Gasteiger partial charge in [0.1, 0.15) is 5.00 Å². The van der Waals surface area contributed by atoms with E-state index in [1.165, 1.54) is 16.2 Å². The minimum atomic E-state index is -0.186. The third-order valence-electron chi connectivity index (χ3n) is 6.81. The van der Waals surface area contributed by atoms with E-state index in [4.69, 9.17) is 9.47 Å². The second-order valence-corrected chi connectivity index (χ2v) is 11.4. The summed E-state index contributed by atoms with van der Waals surface area (Å²) in [7, 11) is 3.15. The van der Waals surface area contributed by atoms with Gasteiger partial charge in [-0.3, -0.25) is 9.59 Å². The van der Waals surface area contributed by atoms with E-state index in [0.29, 0.717) is 28.0 Å². The van der Waals surface area contributed by atoms with E-state index in [1.54, 1.807) is 26.4 Å². The Balaban J connectivity index is 1.61. The number of fused-ring (bicyclic) bond motifs is 1. The Kier molecular flexibility index (Phi) is 7.69. The fraction of sp³-hybridized carbons (Fsp3) is 0.379. The van der Waals surface area contributed by atoms with Crippen molar-refractivity contribution >= 4 is 33.8 Å². The molecule has 4 rings (SSSR count). The Morgan fingerprint density at radius 2 is 1.72 bits per heavy atom. The number of rotatable bonds is 7. The number of benzene rings is 2. The molecule has 2 N–H and O–H groups in total. The molecule has 3 aromatic rings. The number of methoxy groups -OCH3 is 2. The van der Waals surface area contributed by atoms with Gasteiger partial charge in [0, 0.05) is 10.6 Å². The van der Waals surface area contributed by atoms with E-state index in [1.807, 2.05) is 36.4 Å². The van der Waals surface area contributed by atoms with Crippen LogP contribution in [0.25, 0.3) is 0 Å². The number of thiophene rings is 1. The molecule has 2 amide bonds. The molecule has 1 heterocycles.